The van der Waals surface area contributed by atoms with Crippen molar-refractivity contribution in [3.8, 4) is 5.75 Å². The average Bonchev–Trinajstić information content (AvgIpc) is 3.05. The van der Waals surface area contributed by atoms with Crippen molar-refractivity contribution in [2.24, 2.45) is 5.92 Å². The van der Waals surface area contributed by atoms with Crippen LogP contribution in [0.2, 0.25) is 0 Å². The van der Waals surface area contributed by atoms with E-state index in [1.165, 1.54) is 0 Å². The van der Waals surface area contributed by atoms with E-state index in [4.69, 9.17) is 4.74 Å². The zero-order valence-electron chi connectivity index (χ0n) is 13.2. The number of hydrogen-bond donors (Lipinski definition) is 0. The van der Waals surface area contributed by atoms with E-state index in [-0.39, 0.29) is 11.9 Å². The molecule has 0 aromatic heterocycles. The van der Waals surface area contributed by atoms with Crippen LogP contribution in [0.25, 0.3) is 5.57 Å². The number of rotatable bonds is 4. The van der Waals surface area contributed by atoms with Gasteiger partial charge in [0.1, 0.15) is 0 Å². The molecule has 22 heavy (non-hydrogen) atoms. The van der Waals surface area contributed by atoms with Gasteiger partial charge in [-0.05, 0) is 68.6 Å². The first-order valence-corrected chi connectivity index (χ1v) is 8.53. The van der Waals surface area contributed by atoms with Crippen molar-refractivity contribution < 1.29 is 13.5 Å². The van der Waals surface area contributed by atoms with Gasteiger partial charge in [-0.2, -0.15) is 4.39 Å². The lowest BCUT2D eigenvalue weighted by atomic mass is 9.85. The molecule has 2 aliphatic rings. The number of allylic oxidation sites excluding steroid dienone is 2. The van der Waals surface area contributed by atoms with Gasteiger partial charge < -0.3 is 4.74 Å². The Morgan fingerprint density at radius 2 is 1.86 bits per heavy atom. The van der Waals surface area contributed by atoms with Gasteiger partial charge in [-0.25, -0.2) is 4.39 Å². The molecule has 0 saturated heterocycles. The molecule has 3 heteroatoms. The molecule has 0 aliphatic heterocycles. The first kappa shape index (κ1) is 15.5. The third-order valence-corrected chi connectivity index (χ3v) is 5.09. The minimum absolute atomic E-state index is 0.0407. The molecule has 2 aliphatic carbocycles. The summed E-state index contributed by atoms with van der Waals surface area (Å²) in [5, 5.41) is 0. The Balaban J connectivity index is 1.79. The van der Waals surface area contributed by atoms with E-state index >= 15 is 0 Å². The minimum atomic E-state index is -0.831. The first-order valence-electron chi connectivity index (χ1n) is 8.53. The molecule has 120 valence electrons. The van der Waals surface area contributed by atoms with Crippen molar-refractivity contribution in [2.45, 2.75) is 64.4 Å². The van der Waals surface area contributed by atoms with Crippen molar-refractivity contribution in [3.63, 3.8) is 0 Å². The molecule has 0 radical (unpaired) electrons. The quantitative estimate of drug-likeness (QED) is 0.675. The number of hydrogen-bond acceptors (Lipinski definition) is 1. The van der Waals surface area contributed by atoms with Crippen molar-refractivity contribution >= 4 is 5.57 Å². The van der Waals surface area contributed by atoms with Crippen LogP contribution in [0.5, 0.6) is 5.75 Å². The Labute approximate surface area is 131 Å². The number of ether oxygens (including phenoxy) is 1. The second-order valence-corrected chi connectivity index (χ2v) is 6.54. The molecule has 1 saturated carbocycles. The Bertz CT molecular complexity index is 559. The highest BCUT2D eigenvalue weighted by Crippen LogP contribution is 2.36. The van der Waals surface area contributed by atoms with E-state index in [1.54, 1.807) is 12.1 Å². The van der Waals surface area contributed by atoms with Gasteiger partial charge >= 0.3 is 0 Å². The topological polar surface area (TPSA) is 9.23 Å². The molecule has 0 N–H and O–H groups in total. The summed E-state index contributed by atoms with van der Waals surface area (Å²) in [6.45, 7) is 2.18. The molecule has 0 heterocycles. The lowest BCUT2D eigenvalue weighted by molar-refractivity contribution is 0.198. The van der Waals surface area contributed by atoms with Crippen LogP contribution in [0.3, 0.4) is 0 Å². The van der Waals surface area contributed by atoms with E-state index in [1.807, 2.05) is 0 Å². The average molecular weight is 306 g/mol. The molecule has 1 unspecified atom stereocenters. The Morgan fingerprint density at radius 3 is 2.50 bits per heavy atom. The van der Waals surface area contributed by atoms with Gasteiger partial charge in [0, 0.05) is 5.56 Å². The highest BCUT2D eigenvalue weighted by atomic mass is 19.2. The monoisotopic (exact) mass is 306 g/mol. The second kappa shape index (κ2) is 6.80. The second-order valence-electron chi connectivity index (χ2n) is 6.54. The molecule has 0 spiro atoms. The van der Waals surface area contributed by atoms with Gasteiger partial charge in [0.25, 0.3) is 0 Å². The zero-order valence-corrected chi connectivity index (χ0v) is 13.2. The van der Waals surface area contributed by atoms with Gasteiger partial charge in [0.2, 0.25) is 5.82 Å². The molecular weight excluding hydrogens is 282 g/mol. The fraction of sp³-hybridized carbons (Fsp3) is 0.579. The molecule has 1 aromatic carbocycles. The van der Waals surface area contributed by atoms with Crippen LogP contribution in [0.15, 0.2) is 18.2 Å². The lowest BCUT2D eigenvalue weighted by Crippen LogP contribution is -2.13. The molecule has 1 nitrogen and oxygen atoms in total. The van der Waals surface area contributed by atoms with E-state index < -0.39 is 11.6 Å². The summed E-state index contributed by atoms with van der Waals surface area (Å²) in [5.41, 5.74) is 1.35. The Kier molecular flexibility index (Phi) is 4.80. The third kappa shape index (κ3) is 3.18. The fourth-order valence-electron chi connectivity index (χ4n) is 3.56. The van der Waals surface area contributed by atoms with Crippen molar-refractivity contribution in [3.05, 3.63) is 35.4 Å². The number of halogens is 2. The molecule has 0 bridgehead atoms. The highest BCUT2D eigenvalue weighted by Gasteiger charge is 2.23. The maximum Gasteiger partial charge on any atom is 0.201 e. The van der Waals surface area contributed by atoms with Gasteiger partial charge in [-0.1, -0.05) is 19.4 Å². The predicted molar refractivity (Wildman–Crippen MR) is 84.9 cm³/mol. The summed E-state index contributed by atoms with van der Waals surface area (Å²) in [7, 11) is 0. The molecule has 3 rings (SSSR count). The first-order chi connectivity index (χ1) is 10.7. The molecular formula is C19H24F2O. The highest BCUT2D eigenvalue weighted by molar-refractivity contribution is 5.67. The smallest absolute Gasteiger partial charge is 0.201 e. The van der Waals surface area contributed by atoms with Crippen molar-refractivity contribution in [1.29, 1.82) is 0 Å². The zero-order chi connectivity index (χ0) is 15.5. The van der Waals surface area contributed by atoms with Crippen LogP contribution >= 0.6 is 0 Å². The molecule has 1 aromatic rings. The fourth-order valence-corrected chi connectivity index (χ4v) is 3.56. The van der Waals surface area contributed by atoms with Gasteiger partial charge in [-0.3, -0.25) is 0 Å². The van der Waals surface area contributed by atoms with E-state index in [9.17, 15) is 8.78 Å². The van der Waals surface area contributed by atoms with Gasteiger partial charge in [-0.15, -0.1) is 0 Å². The SMILES string of the molecule is CCC1CC=C(c2ccc(OC3CCCC3)c(F)c2F)CC1. The normalized spacial score (nSPS) is 22.7. The predicted octanol–water partition coefficient (Wildman–Crippen LogP) is 5.88. The van der Waals surface area contributed by atoms with Gasteiger partial charge in [0.05, 0.1) is 6.10 Å². The van der Waals surface area contributed by atoms with Crippen molar-refractivity contribution in [1.82, 2.24) is 0 Å². The number of benzene rings is 1. The van der Waals surface area contributed by atoms with Crippen LogP contribution in [0, 0.1) is 17.6 Å². The summed E-state index contributed by atoms with van der Waals surface area (Å²) >= 11 is 0. The maximum atomic E-state index is 14.4. The summed E-state index contributed by atoms with van der Waals surface area (Å²) in [4.78, 5) is 0. The molecule has 1 fully saturated rings. The largest absolute Gasteiger partial charge is 0.487 e. The van der Waals surface area contributed by atoms with Crippen LogP contribution in [-0.2, 0) is 0 Å². The van der Waals surface area contributed by atoms with E-state index in [0.29, 0.717) is 11.5 Å². The minimum Gasteiger partial charge on any atom is -0.487 e. The van der Waals surface area contributed by atoms with E-state index in [2.05, 4.69) is 13.0 Å². The van der Waals surface area contributed by atoms with E-state index in [0.717, 1.165) is 56.9 Å². The Morgan fingerprint density at radius 1 is 1.09 bits per heavy atom. The summed E-state index contributed by atoms with van der Waals surface area (Å²) < 4.78 is 34.3. The summed E-state index contributed by atoms with van der Waals surface area (Å²) in [5.74, 6) is -0.836. The molecule has 0 amide bonds. The molecule has 1 atom stereocenters. The standard InChI is InChI=1S/C19H24F2O/c1-2-13-7-9-14(10-8-13)16-11-12-17(19(21)18(16)20)22-15-5-3-4-6-15/h9,11-13,15H,2-8,10H2,1H3. The third-order valence-electron chi connectivity index (χ3n) is 5.09. The van der Waals surface area contributed by atoms with Crippen LogP contribution in [0.4, 0.5) is 8.78 Å². The summed E-state index contributed by atoms with van der Waals surface area (Å²) in [6, 6.07) is 3.28. The van der Waals surface area contributed by atoms with Crippen LogP contribution in [0.1, 0.15) is 63.9 Å². The maximum absolute atomic E-state index is 14.4. The lowest BCUT2D eigenvalue weighted by Gasteiger charge is -2.21. The Hall–Kier alpha value is -1.38. The van der Waals surface area contributed by atoms with Crippen LogP contribution < -0.4 is 4.74 Å². The van der Waals surface area contributed by atoms with Crippen LogP contribution in [-0.4, -0.2) is 6.10 Å². The van der Waals surface area contributed by atoms with Crippen molar-refractivity contribution in [2.75, 3.05) is 0 Å². The summed E-state index contributed by atoms with van der Waals surface area (Å²) in [6.07, 6.45) is 10.2. The van der Waals surface area contributed by atoms with Gasteiger partial charge in [0.15, 0.2) is 11.6 Å².